The van der Waals surface area contributed by atoms with Crippen LogP contribution in [0.5, 0.6) is 0 Å². The second-order valence-electron chi connectivity index (χ2n) is 5.90. The van der Waals surface area contributed by atoms with Crippen LogP contribution in [-0.4, -0.2) is 54.2 Å². The molecule has 0 aromatic carbocycles. The fourth-order valence-corrected chi connectivity index (χ4v) is 2.05. The van der Waals surface area contributed by atoms with Gasteiger partial charge in [0.25, 0.3) is 0 Å². The van der Waals surface area contributed by atoms with Gasteiger partial charge in [0.05, 0.1) is 17.7 Å². The van der Waals surface area contributed by atoms with Gasteiger partial charge in [0.2, 0.25) is 0 Å². The first-order valence-electron chi connectivity index (χ1n) is 6.71. The second-order valence-corrected chi connectivity index (χ2v) is 5.90. The first-order valence-corrected chi connectivity index (χ1v) is 6.71. The van der Waals surface area contributed by atoms with Crippen molar-refractivity contribution in [3.8, 4) is 0 Å². The summed E-state index contributed by atoms with van der Waals surface area (Å²) in [7, 11) is -0.455. The van der Waals surface area contributed by atoms with Crippen molar-refractivity contribution >= 4 is 13.3 Å². The maximum absolute atomic E-state index is 10.6. The fourth-order valence-electron chi connectivity index (χ4n) is 2.05. The van der Waals surface area contributed by atoms with E-state index in [9.17, 15) is 4.79 Å². The van der Waals surface area contributed by atoms with Gasteiger partial charge in [-0.1, -0.05) is 6.08 Å². The molecule has 0 aromatic heterocycles. The van der Waals surface area contributed by atoms with Gasteiger partial charge in [0.1, 0.15) is 6.61 Å². The van der Waals surface area contributed by atoms with Crippen molar-refractivity contribution < 1.29 is 18.8 Å². The predicted molar refractivity (Wildman–Crippen MR) is 74.2 cm³/mol. The number of hydrazine groups is 1. The molecule has 0 aliphatic carbocycles. The van der Waals surface area contributed by atoms with Crippen molar-refractivity contribution in [2.45, 2.75) is 38.9 Å². The van der Waals surface area contributed by atoms with Crippen molar-refractivity contribution in [2.24, 2.45) is 5.73 Å². The summed E-state index contributed by atoms with van der Waals surface area (Å²) in [5, 5.41) is 1.91. The molecule has 0 radical (unpaired) electrons. The van der Waals surface area contributed by atoms with E-state index in [0.29, 0.717) is 13.1 Å². The second kappa shape index (κ2) is 5.27. The summed E-state index contributed by atoms with van der Waals surface area (Å²) < 4.78 is 16.7. The van der Waals surface area contributed by atoms with E-state index < -0.39 is 13.3 Å². The molecule has 2 aliphatic heterocycles. The quantitative estimate of drug-likeness (QED) is 0.766. The third-order valence-corrected chi connectivity index (χ3v) is 3.95. The van der Waals surface area contributed by atoms with Crippen LogP contribution in [0.25, 0.3) is 0 Å². The number of carbonyl (C=O) groups excluding carboxylic acids is 1. The lowest BCUT2D eigenvalue weighted by Crippen LogP contribution is -2.49. The lowest BCUT2D eigenvalue weighted by atomic mass is 9.90. The van der Waals surface area contributed by atoms with E-state index in [-0.39, 0.29) is 17.8 Å². The highest BCUT2D eigenvalue weighted by atomic mass is 16.7. The molecule has 2 N–H and O–H groups in total. The lowest BCUT2D eigenvalue weighted by molar-refractivity contribution is 0.00578. The van der Waals surface area contributed by atoms with Gasteiger partial charge in [0.15, 0.2) is 0 Å². The first kappa shape index (κ1) is 15.1. The maximum atomic E-state index is 10.6. The summed E-state index contributed by atoms with van der Waals surface area (Å²) in [5.74, 6) is 0. The molecule has 0 bridgehead atoms. The summed E-state index contributed by atoms with van der Waals surface area (Å²) in [6, 6.07) is 0. The highest BCUT2D eigenvalue weighted by molar-refractivity contribution is 6.42. The van der Waals surface area contributed by atoms with Crippen LogP contribution >= 0.6 is 0 Å². The topological polar surface area (TPSA) is 77.3 Å². The molecule has 8 heteroatoms. The third kappa shape index (κ3) is 2.92. The molecule has 0 unspecified atom stereocenters. The molecule has 20 heavy (non-hydrogen) atoms. The molecule has 1 fully saturated rings. The van der Waals surface area contributed by atoms with Gasteiger partial charge in [-0.2, -0.15) is 4.92 Å². The Morgan fingerprint density at radius 2 is 1.95 bits per heavy atom. The van der Waals surface area contributed by atoms with E-state index in [2.05, 4.69) is 0 Å². The molecule has 0 aromatic rings. The zero-order chi connectivity index (χ0) is 15.0. The van der Waals surface area contributed by atoms with E-state index >= 15 is 0 Å². The van der Waals surface area contributed by atoms with Gasteiger partial charge in [-0.25, -0.2) is 4.79 Å². The molecule has 1 amide bonds. The van der Waals surface area contributed by atoms with Crippen molar-refractivity contribution in [1.29, 1.82) is 0 Å². The van der Waals surface area contributed by atoms with E-state index in [0.717, 1.165) is 0 Å². The third-order valence-electron chi connectivity index (χ3n) is 3.95. The average molecular weight is 283 g/mol. The Labute approximate surface area is 119 Å². The summed E-state index contributed by atoms with van der Waals surface area (Å²) in [4.78, 5) is 12.5. The molecule has 0 saturated carbocycles. The molecular formula is C12H22BN3O4. The number of hydrogen-bond donors (Lipinski definition) is 1. The highest BCUT2D eigenvalue weighted by Gasteiger charge is 2.55. The van der Waals surface area contributed by atoms with Crippen LogP contribution in [0.4, 0.5) is 4.79 Å². The molecule has 2 rings (SSSR count). The van der Waals surface area contributed by atoms with Crippen molar-refractivity contribution in [2.75, 3.05) is 19.7 Å². The van der Waals surface area contributed by atoms with Crippen LogP contribution in [0.3, 0.4) is 0 Å². The van der Waals surface area contributed by atoms with E-state index in [4.69, 9.17) is 19.8 Å². The summed E-state index contributed by atoms with van der Waals surface area (Å²) >= 11 is 0. The lowest BCUT2D eigenvalue weighted by Gasteiger charge is -2.32. The van der Waals surface area contributed by atoms with E-state index in [1.54, 1.807) is 0 Å². The summed E-state index contributed by atoms with van der Waals surface area (Å²) in [5.41, 5.74) is 4.19. The Morgan fingerprint density at radius 1 is 1.35 bits per heavy atom. The SMILES string of the molecule is CC1(C)OB(N2CC=CN2CCOC(N)=O)OC1(C)C. The summed E-state index contributed by atoms with van der Waals surface area (Å²) in [6.07, 6.45) is 3.14. The molecule has 0 spiro atoms. The van der Waals surface area contributed by atoms with Gasteiger partial charge < -0.3 is 24.8 Å². The zero-order valence-electron chi connectivity index (χ0n) is 12.5. The minimum atomic E-state index is -0.768. The number of nitrogens with zero attached hydrogens (tertiary/aromatic N) is 2. The van der Waals surface area contributed by atoms with Crippen LogP contribution in [0.1, 0.15) is 27.7 Å². The Kier molecular flexibility index (Phi) is 3.99. The molecular weight excluding hydrogens is 261 g/mol. The number of carbonyl (C=O) groups is 1. The van der Waals surface area contributed by atoms with Gasteiger partial charge >= 0.3 is 13.3 Å². The van der Waals surface area contributed by atoms with Crippen molar-refractivity contribution in [1.82, 2.24) is 9.93 Å². The molecule has 112 valence electrons. The Hall–Kier alpha value is -1.25. The van der Waals surface area contributed by atoms with Gasteiger partial charge in [-0.3, -0.25) is 0 Å². The van der Waals surface area contributed by atoms with Gasteiger partial charge in [-0.15, -0.1) is 0 Å². The summed E-state index contributed by atoms with van der Waals surface area (Å²) in [6.45, 7) is 9.45. The van der Waals surface area contributed by atoms with Crippen molar-refractivity contribution in [3.63, 3.8) is 0 Å². The first-order chi connectivity index (χ1) is 9.23. The van der Waals surface area contributed by atoms with Crippen LogP contribution in [0.2, 0.25) is 0 Å². The fraction of sp³-hybridized carbons (Fsp3) is 0.750. The van der Waals surface area contributed by atoms with Crippen LogP contribution in [0, 0.1) is 0 Å². The molecule has 0 atom stereocenters. The van der Waals surface area contributed by atoms with Crippen LogP contribution < -0.4 is 5.73 Å². The largest absolute Gasteiger partial charge is 0.578 e. The van der Waals surface area contributed by atoms with E-state index in [1.165, 1.54) is 0 Å². The maximum Gasteiger partial charge on any atom is 0.578 e. The van der Waals surface area contributed by atoms with Crippen LogP contribution in [0.15, 0.2) is 12.3 Å². The Morgan fingerprint density at radius 3 is 2.50 bits per heavy atom. The van der Waals surface area contributed by atoms with Gasteiger partial charge in [-0.05, 0) is 27.7 Å². The number of primary amides is 1. The Balaban J connectivity index is 1.94. The minimum Gasteiger partial charge on any atom is -0.448 e. The molecule has 2 heterocycles. The van der Waals surface area contributed by atoms with Gasteiger partial charge in [0, 0.05) is 12.7 Å². The molecule has 1 saturated heterocycles. The highest BCUT2D eigenvalue weighted by Crippen LogP contribution is 2.38. The number of nitrogens with two attached hydrogens (primary N) is 1. The number of hydrogen-bond acceptors (Lipinski definition) is 6. The average Bonchev–Trinajstić information content (AvgIpc) is 2.82. The molecule has 2 aliphatic rings. The smallest absolute Gasteiger partial charge is 0.448 e. The van der Waals surface area contributed by atoms with E-state index in [1.807, 2.05) is 49.9 Å². The molecule has 7 nitrogen and oxygen atoms in total. The minimum absolute atomic E-state index is 0.218. The standard InChI is InChI=1S/C12H22BN3O4/c1-11(2)12(3,4)20-13(19-11)16-7-5-6-15(16)8-9-18-10(14)17/h5-6H,7-9H2,1-4H3,(H2,14,17). The van der Waals surface area contributed by atoms with Crippen LogP contribution in [-0.2, 0) is 14.0 Å². The number of ether oxygens (including phenoxy) is 1. The van der Waals surface area contributed by atoms with Crippen molar-refractivity contribution in [3.05, 3.63) is 12.3 Å². The normalized spacial score (nSPS) is 24.4. The number of amides is 1. The Bertz CT molecular complexity index is 398. The number of rotatable bonds is 4. The monoisotopic (exact) mass is 283 g/mol. The zero-order valence-corrected chi connectivity index (χ0v) is 12.5. The predicted octanol–water partition coefficient (Wildman–Crippen LogP) is 0.717.